The fourth-order valence-corrected chi connectivity index (χ4v) is 2.17. The van der Waals surface area contributed by atoms with Crippen molar-refractivity contribution in [3.63, 3.8) is 0 Å². The van der Waals surface area contributed by atoms with E-state index in [0.29, 0.717) is 29.3 Å². The second-order valence-electron chi connectivity index (χ2n) is 6.87. The first-order valence-corrected chi connectivity index (χ1v) is 8.43. The van der Waals surface area contributed by atoms with Gasteiger partial charge in [0.05, 0.1) is 18.9 Å². The first-order valence-electron chi connectivity index (χ1n) is 8.43. The molecule has 0 bridgehead atoms. The smallest absolute Gasteiger partial charge is 0.313 e. The summed E-state index contributed by atoms with van der Waals surface area (Å²) in [6.45, 7) is 12.0. The number of carbonyl (C=O) groups excluding carboxylic acids is 2. The molecule has 0 aromatic heterocycles. The summed E-state index contributed by atoms with van der Waals surface area (Å²) >= 11 is 0. The summed E-state index contributed by atoms with van der Waals surface area (Å²) in [5.74, 6) is -0.302. The molecule has 0 unspecified atom stereocenters. The molecule has 0 aliphatic heterocycles. The normalized spacial score (nSPS) is 11.5. The average molecular weight is 360 g/mol. The fraction of sp³-hybridized carbons (Fsp3) is 0.400. The Hall–Kier alpha value is -2.76. The first kappa shape index (κ1) is 21.3. The van der Waals surface area contributed by atoms with Gasteiger partial charge in [0.1, 0.15) is 11.5 Å². The molecule has 0 spiro atoms. The molecule has 26 heavy (non-hydrogen) atoms. The molecule has 6 nitrogen and oxygen atoms in total. The Labute approximate surface area is 155 Å². The van der Waals surface area contributed by atoms with E-state index in [9.17, 15) is 9.59 Å². The quantitative estimate of drug-likeness (QED) is 0.574. The Balaban J connectivity index is 2.79. The van der Waals surface area contributed by atoms with Gasteiger partial charge in [0.15, 0.2) is 0 Å². The zero-order valence-electron chi connectivity index (χ0n) is 16.1. The third-order valence-electron chi connectivity index (χ3n) is 3.56. The summed E-state index contributed by atoms with van der Waals surface area (Å²) < 4.78 is 10.7. The van der Waals surface area contributed by atoms with Crippen molar-refractivity contribution < 1.29 is 19.1 Å². The molecule has 0 radical (unpaired) electrons. The molecule has 0 saturated carbocycles. The van der Waals surface area contributed by atoms with Gasteiger partial charge in [0.2, 0.25) is 0 Å². The Morgan fingerprint density at radius 1 is 1.23 bits per heavy atom. The summed E-state index contributed by atoms with van der Waals surface area (Å²) in [6, 6.07) is 5.05. The van der Waals surface area contributed by atoms with Gasteiger partial charge < -0.3 is 20.1 Å². The van der Waals surface area contributed by atoms with Crippen molar-refractivity contribution in [2.45, 2.75) is 34.1 Å². The lowest BCUT2D eigenvalue weighted by molar-refractivity contribution is -0.136. The molecule has 142 valence electrons. The predicted molar refractivity (Wildman–Crippen MR) is 104 cm³/mol. The number of nitrogens with one attached hydrogen (secondary N) is 2. The summed E-state index contributed by atoms with van der Waals surface area (Å²) in [5.41, 5.74) is 1.25. The van der Waals surface area contributed by atoms with Crippen LogP contribution in [0.15, 0.2) is 37.1 Å². The highest BCUT2D eigenvalue weighted by Crippen LogP contribution is 2.30. The predicted octanol–water partition coefficient (Wildman–Crippen LogP) is 3.71. The van der Waals surface area contributed by atoms with E-state index in [0.717, 1.165) is 6.42 Å². The zero-order chi connectivity index (χ0) is 19.7. The molecular weight excluding hydrogens is 332 g/mol. The van der Waals surface area contributed by atoms with Crippen LogP contribution in [0.2, 0.25) is 0 Å². The van der Waals surface area contributed by atoms with Crippen molar-refractivity contribution in [1.82, 2.24) is 5.32 Å². The molecule has 0 saturated heterocycles. The SMILES string of the molecule is C=CO/C(=C\C)c1ccc(NC(=O)C(=O)NCCC(C)(C)C)cc1OC. The minimum atomic E-state index is -0.720. The van der Waals surface area contributed by atoms with E-state index in [1.165, 1.54) is 13.4 Å². The van der Waals surface area contributed by atoms with Crippen LogP contribution in [0, 0.1) is 5.41 Å². The lowest BCUT2D eigenvalue weighted by Crippen LogP contribution is -2.36. The molecular formula is C20H28N2O4. The van der Waals surface area contributed by atoms with Crippen molar-refractivity contribution in [3.05, 3.63) is 42.7 Å². The molecule has 2 N–H and O–H groups in total. The van der Waals surface area contributed by atoms with E-state index in [4.69, 9.17) is 9.47 Å². The molecule has 0 fully saturated rings. The maximum absolute atomic E-state index is 12.0. The third-order valence-corrected chi connectivity index (χ3v) is 3.56. The number of hydrogen-bond acceptors (Lipinski definition) is 4. The maximum atomic E-state index is 12.0. The van der Waals surface area contributed by atoms with E-state index in [1.54, 1.807) is 24.3 Å². The van der Waals surface area contributed by atoms with Crippen molar-refractivity contribution in [2.75, 3.05) is 19.0 Å². The van der Waals surface area contributed by atoms with Crippen LogP contribution in [0.3, 0.4) is 0 Å². The summed E-state index contributed by atoms with van der Waals surface area (Å²) in [4.78, 5) is 23.9. The third kappa shape index (κ3) is 6.63. The molecule has 0 heterocycles. The Kier molecular flexibility index (Phi) is 7.90. The standard InChI is InChI=1S/C20H28N2O4/c1-7-16(26-8-2)15-10-9-14(13-17(15)25-6)22-19(24)18(23)21-12-11-20(3,4)5/h7-10,13H,2,11-12H2,1,3-6H3,(H,21,23)(H,22,24)/b16-7-. The number of carbonyl (C=O) groups is 2. The van der Waals surface area contributed by atoms with Gasteiger partial charge in [-0.15, -0.1) is 0 Å². The van der Waals surface area contributed by atoms with E-state index >= 15 is 0 Å². The lowest BCUT2D eigenvalue weighted by Gasteiger charge is -2.18. The van der Waals surface area contributed by atoms with E-state index < -0.39 is 11.8 Å². The fourth-order valence-electron chi connectivity index (χ4n) is 2.17. The molecule has 1 aromatic rings. The molecule has 1 aromatic carbocycles. The monoisotopic (exact) mass is 360 g/mol. The lowest BCUT2D eigenvalue weighted by atomic mass is 9.92. The molecule has 1 rings (SSSR count). The van der Waals surface area contributed by atoms with Gasteiger partial charge in [-0.3, -0.25) is 9.59 Å². The van der Waals surface area contributed by atoms with Crippen LogP contribution < -0.4 is 15.4 Å². The Morgan fingerprint density at radius 2 is 1.92 bits per heavy atom. The Bertz CT molecular complexity index is 688. The minimum absolute atomic E-state index is 0.0883. The first-order chi connectivity index (χ1) is 12.2. The summed E-state index contributed by atoms with van der Waals surface area (Å²) in [5, 5.41) is 5.19. The molecule has 0 aliphatic rings. The topological polar surface area (TPSA) is 76.7 Å². The van der Waals surface area contributed by atoms with Crippen LogP contribution in [0.5, 0.6) is 5.75 Å². The number of allylic oxidation sites excluding steroid dienone is 1. The highest BCUT2D eigenvalue weighted by atomic mass is 16.5. The van der Waals surface area contributed by atoms with Gasteiger partial charge in [-0.1, -0.05) is 27.4 Å². The van der Waals surface area contributed by atoms with Crippen LogP contribution in [-0.2, 0) is 14.3 Å². The number of amides is 2. The number of anilines is 1. The number of rotatable bonds is 7. The average Bonchev–Trinajstić information content (AvgIpc) is 2.58. The number of hydrogen-bond donors (Lipinski definition) is 2. The van der Waals surface area contributed by atoms with Crippen molar-refractivity contribution in [3.8, 4) is 5.75 Å². The van der Waals surface area contributed by atoms with Crippen LogP contribution in [0.1, 0.15) is 39.7 Å². The summed E-state index contributed by atoms with van der Waals surface area (Å²) in [7, 11) is 1.52. The van der Waals surface area contributed by atoms with Crippen molar-refractivity contribution >= 4 is 23.3 Å². The second kappa shape index (κ2) is 9.65. The highest BCUT2D eigenvalue weighted by molar-refractivity contribution is 6.39. The second-order valence-corrected chi connectivity index (χ2v) is 6.87. The van der Waals surface area contributed by atoms with Crippen LogP contribution >= 0.6 is 0 Å². The van der Waals surface area contributed by atoms with Crippen LogP contribution in [0.4, 0.5) is 5.69 Å². The minimum Gasteiger partial charge on any atom is -0.496 e. The zero-order valence-corrected chi connectivity index (χ0v) is 16.1. The molecule has 2 amide bonds. The van der Waals surface area contributed by atoms with Gasteiger partial charge in [0.25, 0.3) is 0 Å². The summed E-state index contributed by atoms with van der Waals surface area (Å²) in [6.07, 6.45) is 3.89. The van der Waals surface area contributed by atoms with Gasteiger partial charge in [-0.25, -0.2) is 0 Å². The Morgan fingerprint density at radius 3 is 2.46 bits per heavy atom. The van der Waals surface area contributed by atoms with Crippen molar-refractivity contribution in [1.29, 1.82) is 0 Å². The van der Waals surface area contributed by atoms with E-state index in [-0.39, 0.29) is 5.41 Å². The van der Waals surface area contributed by atoms with Gasteiger partial charge in [-0.05, 0) is 37.0 Å². The maximum Gasteiger partial charge on any atom is 0.313 e. The van der Waals surface area contributed by atoms with Crippen LogP contribution in [0.25, 0.3) is 5.76 Å². The highest BCUT2D eigenvalue weighted by Gasteiger charge is 2.17. The van der Waals surface area contributed by atoms with Gasteiger partial charge in [0, 0.05) is 18.3 Å². The van der Waals surface area contributed by atoms with Crippen molar-refractivity contribution in [2.24, 2.45) is 5.41 Å². The van der Waals surface area contributed by atoms with Gasteiger partial charge in [-0.2, -0.15) is 0 Å². The number of methoxy groups -OCH3 is 1. The molecule has 6 heteroatoms. The van der Waals surface area contributed by atoms with Gasteiger partial charge >= 0.3 is 11.8 Å². The van der Waals surface area contributed by atoms with E-state index in [1.807, 2.05) is 6.92 Å². The largest absolute Gasteiger partial charge is 0.496 e. The number of benzene rings is 1. The van der Waals surface area contributed by atoms with E-state index in [2.05, 4.69) is 38.0 Å². The molecule has 0 aliphatic carbocycles. The molecule has 0 atom stereocenters. The number of ether oxygens (including phenoxy) is 2. The van der Waals surface area contributed by atoms with Crippen LogP contribution in [-0.4, -0.2) is 25.5 Å².